The first kappa shape index (κ1) is 13.5. The molecule has 0 saturated heterocycles. The maximum Gasteiger partial charge on any atom is 0.354 e. The molecule has 0 bridgehead atoms. The summed E-state index contributed by atoms with van der Waals surface area (Å²) in [5, 5.41) is 10.1. The summed E-state index contributed by atoms with van der Waals surface area (Å²) >= 11 is 0. The van der Waals surface area contributed by atoms with Crippen LogP contribution in [0.15, 0.2) is 24.3 Å². The van der Waals surface area contributed by atoms with E-state index in [0.29, 0.717) is 11.8 Å². The molecule has 1 aromatic heterocycles. The largest absolute Gasteiger partial charge is 0.477 e. The Hall–Kier alpha value is -1.90. The number of rotatable bonds is 3. The molecule has 1 aromatic carbocycles. The van der Waals surface area contributed by atoms with E-state index in [0.717, 1.165) is 16.5 Å². The van der Waals surface area contributed by atoms with E-state index in [1.54, 1.807) is 6.07 Å². The second-order valence-corrected chi connectivity index (χ2v) is 5.49. The van der Waals surface area contributed by atoms with E-state index in [-0.39, 0.29) is 5.69 Å². The summed E-state index contributed by atoms with van der Waals surface area (Å²) in [4.78, 5) is 15.3. The number of fused-ring (bicyclic) bond motifs is 1. The Bertz CT molecular complexity index is 630. The van der Waals surface area contributed by atoms with Crippen molar-refractivity contribution in [1.29, 1.82) is 0 Å². The Morgan fingerprint density at radius 3 is 2.32 bits per heavy atom. The third-order valence-electron chi connectivity index (χ3n) is 3.35. The summed E-state index contributed by atoms with van der Waals surface area (Å²) in [7, 11) is 0. The van der Waals surface area contributed by atoms with Crippen LogP contribution in [0, 0.1) is 0 Å². The van der Waals surface area contributed by atoms with E-state index >= 15 is 0 Å². The van der Waals surface area contributed by atoms with Crippen LogP contribution in [-0.2, 0) is 0 Å². The molecule has 0 aliphatic carbocycles. The van der Waals surface area contributed by atoms with Crippen molar-refractivity contribution in [3.8, 4) is 0 Å². The molecule has 2 rings (SSSR count). The normalized spacial score (nSPS) is 11.5. The molecule has 19 heavy (non-hydrogen) atoms. The zero-order valence-corrected chi connectivity index (χ0v) is 11.8. The van der Waals surface area contributed by atoms with Crippen molar-refractivity contribution >= 4 is 16.9 Å². The molecule has 1 heterocycles. The number of pyridine rings is 1. The van der Waals surface area contributed by atoms with Gasteiger partial charge in [-0.3, -0.25) is 0 Å². The van der Waals surface area contributed by atoms with Crippen LogP contribution in [0.4, 0.5) is 0 Å². The van der Waals surface area contributed by atoms with Crippen LogP contribution in [0.1, 0.15) is 61.1 Å². The quantitative estimate of drug-likeness (QED) is 0.897. The highest BCUT2D eigenvalue weighted by Gasteiger charge is 2.13. The van der Waals surface area contributed by atoms with E-state index in [4.69, 9.17) is 5.11 Å². The molecule has 0 unspecified atom stereocenters. The number of aromatic nitrogens is 1. The van der Waals surface area contributed by atoms with E-state index in [1.165, 1.54) is 5.56 Å². The minimum absolute atomic E-state index is 0.103. The third-order valence-corrected chi connectivity index (χ3v) is 3.35. The molecule has 0 atom stereocenters. The molecule has 0 amide bonds. The molecule has 100 valence electrons. The predicted octanol–water partition coefficient (Wildman–Crippen LogP) is 4.18. The van der Waals surface area contributed by atoms with Crippen LogP contribution in [0.5, 0.6) is 0 Å². The van der Waals surface area contributed by atoms with Gasteiger partial charge in [0, 0.05) is 5.39 Å². The summed E-state index contributed by atoms with van der Waals surface area (Å²) < 4.78 is 0. The number of aromatic carboxylic acids is 1. The zero-order chi connectivity index (χ0) is 14.2. The van der Waals surface area contributed by atoms with Gasteiger partial charge in [-0.2, -0.15) is 0 Å². The Morgan fingerprint density at radius 2 is 1.79 bits per heavy atom. The maximum absolute atomic E-state index is 11.0. The lowest BCUT2D eigenvalue weighted by atomic mass is 9.92. The van der Waals surface area contributed by atoms with E-state index in [9.17, 15) is 4.79 Å². The van der Waals surface area contributed by atoms with Crippen LogP contribution in [0.2, 0.25) is 0 Å². The molecule has 3 heteroatoms. The molecular weight excluding hydrogens is 238 g/mol. The smallest absolute Gasteiger partial charge is 0.354 e. The Labute approximate surface area is 113 Å². The number of carboxylic acid groups (broad SMARTS) is 1. The van der Waals surface area contributed by atoms with Crippen molar-refractivity contribution in [1.82, 2.24) is 4.98 Å². The highest BCUT2D eigenvalue weighted by molar-refractivity contribution is 5.91. The fourth-order valence-corrected chi connectivity index (χ4v) is 2.18. The van der Waals surface area contributed by atoms with Gasteiger partial charge in [0.05, 0.1) is 5.52 Å². The molecule has 3 nitrogen and oxygen atoms in total. The molecular formula is C16H19NO2. The van der Waals surface area contributed by atoms with E-state index < -0.39 is 5.97 Å². The van der Waals surface area contributed by atoms with Gasteiger partial charge >= 0.3 is 5.97 Å². The first-order chi connectivity index (χ1) is 8.90. The first-order valence-electron chi connectivity index (χ1n) is 6.58. The van der Waals surface area contributed by atoms with Gasteiger partial charge in [-0.25, -0.2) is 9.78 Å². The number of carboxylic acids is 1. The number of carbonyl (C=O) groups is 1. The standard InChI is InChI=1S/C16H19NO2/c1-9(2)12-7-11-5-6-14(16(18)19)17-15(11)13(8-12)10(3)4/h5-10H,1-4H3,(H,18,19). The second-order valence-electron chi connectivity index (χ2n) is 5.49. The zero-order valence-electron chi connectivity index (χ0n) is 11.8. The fraction of sp³-hybridized carbons (Fsp3) is 0.375. The van der Waals surface area contributed by atoms with Crippen molar-refractivity contribution in [2.24, 2.45) is 0 Å². The number of benzene rings is 1. The highest BCUT2D eigenvalue weighted by Crippen LogP contribution is 2.29. The monoisotopic (exact) mass is 257 g/mol. The minimum atomic E-state index is -0.982. The molecule has 2 aromatic rings. The molecule has 0 aliphatic heterocycles. The van der Waals surface area contributed by atoms with Gasteiger partial charge in [0.2, 0.25) is 0 Å². The molecule has 0 aliphatic rings. The number of hydrogen-bond acceptors (Lipinski definition) is 2. The van der Waals surface area contributed by atoms with Crippen LogP contribution in [0.3, 0.4) is 0 Å². The van der Waals surface area contributed by atoms with Gasteiger partial charge < -0.3 is 5.11 Å². The second kappa shape index (κ2) is 5.00. The predicted molar refractivity (Wildman–Crippen MR) is 76.9 cm³/mol. The number of nitrogens with zero attached hydrogens (tertiary/aromatic N) is 1. The summed E-state index contributed by atoms with van der Waals surface area (Å²) in [5.41, 5.74) is 3.29. The molecule has 0 radical (unpaired) electrons. The van der Waals surface area contributed by atoms with Gasteiger partial charge in [-0.1, -0.05) is 39.8 Å². The Kier molecular flexibility index (Phi) is 3.56. The van der Waals surface area contributed by atoms with Gasteiger partial charge in [0.15, 0.2) is 0 Å². The minimum Gasteiger partial charge on any atom is -0.477 e. The summed E-state index contributed by atoms with van der Waals surface area (Å²) in [5.74, 6) is -0.219. The summed E-state index contributed by atoms with van der Waals surface area (Å²) in [6.07, 6.45) is 0. The summed E-state index contributed by atoms with van der Waals surface area (Å²) in [6, 6.07) is 7.67. The molecule has 0 saturated carbocycles. The van der Waals surface area contributed by atoms with Crippen molar-refractivity contribution in [2.45, 2.75) is 39.5 Å². The van der Waals surface area contributed by atoms with Gasteiger partial charge in [-0.05, 0) is 35.1 Å². The number of hydrogen-bond donors (Lipinski definition) is 1. The fourth-order valence-electron chi connectivity index (χ4n) is 2.18. The average Bonchev–Trinajstić information content (AvgIpc) is 2.36. The average molecular weight is 257 g/mol. The van der Waals surface area contributed by atoms with Gasteiger partial charge in [0.25, 0.3) is 0 Å². The topological polar surface area (TPSA) is 50.2 Å². The maximum atomic E-state index is 11.0. The SMILES string of the molecule is CC(C)c1cc(C(C)C)c2nc(C(=O)O)ccc2c1. The third kappa shape index (κ3) is 2.60. The van der Waals surface area contributed by atoms with Gasteiger partial charge in [0.1, 0.15) is 5.69 Å². The highest BCUT2D eigenvalue weighted by atomic mass is 16.4. The molecule has 0 spiro atoms. The Balaban J connectivity index is 2.76. The van der Waals surface area contributed by atoms with E-state index in [1.807, 2.05) is 6.07 Å². The lowest BCUT2D eigenvalue weighted by molar-refractivity contribution is 0.0691. The molecule has 1 N–H and O–H groups in total. The van der Waals surface area contributed by atoms with E-state index in [2.05, 4.69) is 44.8 Å². The van der Waals surface area contributed by atoms with Crippen LogP contribution in [0.25, 0.3) is 10.9 Å². The van der Waals surface area contributed by atoms with Gasteiger partial charge in [-0.15, -0.1) is 0 Å². The van der Waals surface area contributed by atoms with Crippen molar-refractivity contribution in [3.63, 3.8) is 0 Å². The van der Waals surface area contributed by atoms with Crippen molar-refractivity contribution in [2.75, 3.05) is 0 Å². The van der Waals surface area contributed by atoms with Crippen LogP contribution in [-0.4, -0.2) is 16.1 Å². The van der Waals surface area contributed by atoms with Crippen molar-refractivity contribution < 1.29 is 9.90 Å². The van der Waals surface area contributed by atoms with Crippen LogP contribution >= 0.6 is 0 Å². The van der Waals surface area contributed by atoms with Crippen LogP contribution < -0.4 is 0 Å². The molecule has 0 fully saturated rings. The van der Waals surface area contributed by atoms with Crippen molar-refractivity contribution in [3.05, 3.63) is 41.1 Å². The lowest BCUT2D eigenvalue weighted by Gasteiger charge is -2.14. The Morgan fingerprint density at radius 1 is 1.11 bits per heavy atom. The summed E-state index contributed by atoms with van der Waals surface area (Å²) in [6.45, 7) is 8.52. The lowest BCUT2D eigenvalue weighted by Crippen LogP contribution is -2.03. The first-order valence-corrected chi connectivity index (χ1v) is 6.58.